The first-order chi connectivity index (χ1) is 38.9. The number of likely N-dealkylation sites (N-methyl/N-ethyl adjacent to an activating group) is 1. The second kappa shape index (κ2) is 59.9. The second-order valence-electron chi connectivity index (χ2n) is 24.4. The first-order valence-electron chi connectivity index (χ1n) is 34.1. The Hall–Kier alpha value is -2.29. The zero-order chi connectivity index (χ0) is 58.6. The van der Waals surface area contributed by atoms with Gasteiger partial charge in [0.2, 0.25) is 5.91 Å². The summed E-state index contributed by atoms with van der Waals surface area (Å²) in [6.45, 7) is 7.02. The van der Waals surface area contributed by atoms with E-state index < -0.39 is 20.0 Å². The summed E-state index contributed by atoms with van der Waals surface area (Å²) in [7, 11) is 1.50. The number of allylic oxidation sites excluding steroid dienone is 9. The lowest BCUT2D eigenvalue weighted by molar-refractivity contribution is -0.870. The quantitative estimate of drug-likeness (QED) is 0.0205. The third kappa shape index (κ3) is 60.3. The first-order valence-corrected chi connectivity index (χ1v) is 35.6. The van der Waals surface area contributed by atoms with Gasteiger partial charge in [-0.1, -0.05) is 294 Å². The molecule has 0 aliphatic rings. The number of phosphoric acid groups is 1. The van der Waals surface area contributed by atoms with Gasteiger partial charge in [-0.25, -0.2) is 4.57 Å². The number of quaternary nitrogens is 1. The van der Waals surface area contributed by atoms with Crippen LogP contribution in [-0.4, -0.2) is 74.3 Å². The van der Waals surface area contributed by atoms with Gasteiger partial charge >= 0.3 is 13.8 Å². The zero-order valence-electron chi connectivity index (χ0n) is 53.6. The monoisotopic (exact) mass is 1140 g/mol. The molecule has 0 spiro atoms. The summed E-state index contributed by atoms with van der Waals surface area (Å²) in [5.41, 5.74) is 0. The van der Waals surface area contributed by atoms with E-state index >= 15 is 0 Å². The van der Waals surface area contributed by atoms with Gasteiger partial charge in [0.1, 0.15) is 19.3 Å². The molecule has 3 unspecified atom stereocenters. The molecule has 0 bridgehead atoms. The van der Waals surface area contributed by atoms with Crippen molar-refractivity contribution in [3.8, 4) is 0 Å². The van der Waals surface area contributed by atoms with E-state index in [4.69, 9.17) is 13.8 Å². The van der Waals surface area contributed by atoms with Crippen LogP contribution >= 0.6 is 7.82 Å². The Bertz CT molecular complexity index is 1550. The molecule has 0 saturated carbocycles. The molecule has 0 aromatic carbocycles. The van der Waals surface area contributed by atoms with Crippen LogP contribution in [0.3, 0.4) is 0 Å². The van der Waals surface area contributed by atoms with Gasteiger partial charge in [-0.3, -0.25) is 18.6 Å². The van der Waals surface area contributed by atoms with Crippen molar-refractivity contribution in [1.29, 1.82) is 0 Å². The van der Waals surface area contributed by atoms with Gasteiger partial charge in [0.15, 0.2) is 0 Å². The number of nitrogens with zero attached hydrogens (tertiary/aromatic N) is 1. The van der Waals surface area contributed by atoms with Crippen LogP contribution in [0, 0.1) is 0 Å². The van der Waals surface area contributed by atoms with Gasteiger partial charge < -0.3 is 19.4 Å². The van der Waals surface area contributed by atoms with Crippen LogP contribution in [0.4, 0.5) is 0 Å². The molecule has 80 heavy (non-hydrogen) atoms. The molecule has 0 saturated heterocycles. The van der Waals surface area contributed by atoms with Gasteiger partial charge in [-0.05, 0) is 76.7 Å². The van der Waals surface area contributed by atoms with Crippen molar-refractivity contribution < 1.29 is 37.3 Å². The fourth-order valence-corrected chi connectivity index (χ4v) is 10.7. The number of phosphoric ester groups is 1. The summed E-state index contributed by atoms with van der Waals surface area (Å²) in [6.07, 6.45) is 76.5. The molecule has 0 aliphatic carbocycles. The van der Waals surface area contributed by atoms with Crippen molar-refractivity contribution >= 4 is 19.7 Å². The maximum atomic E-state index is 13.6. The largest absolute Gasteiger partial charge is 0.472 e. The molecule has 3 atom stereocenters. The van der Waals surface area contributed by atoms with E-state index in [2.05, 4.69) is 74.7 Å². The molecule has 0 fully saturated rings. The Kier molecular flexibility index (Phi) is 58.1. The minimum Gasteiger partial charge on any atom is -0.456 e. The molecule has 468 valence electrons. The highest BCUT2D eigenvalue weighted by Crippen LogP contribution is 2.43. The van der Waals surface area contributed by atoms with Crippen molar-refractivity contribution in [3.05, 3.63) is 60.8 Å². The number of esters is 1. The summed E-state index contributed by atoms with van der Waals surface area (Å²) >= 11 is 0. The lowest BCUT2D eigenvalue weighted by Crippen LogP contribution is -2.47. The Morgan fingerprint density at radius 3 is 1.16 bits per heavy atom. The Morgan fingerprint density at radius 2 is 0.762 bits per heavy atom. The first kappa shape index (κ1) is 77.7. The van der Waals surface area contributed by atoms with Crippen LogP contribution < -0.4 is 5.32 Å². The van der Waals surface area contributed by atoms with Gasteiger partial charge in [0, 0.05) is 12.8 Å². The molecule has 0 radical (unpaired) electrons. The number of amides is 1. The summed E-state index contributed by atoms with van der Waals surface area (Å²) < 4.78 is 30.8. The SMILES string of the molecule is CCCCC/C=C\C/C=C\C/C=C\C/C=C\CCCCCCCCCCCC(=O)NC(COP(=O)(O)OCC[N+](C)(C)C)C(/C=C\CCCCCCCCCCCC)OC(=O)CCCCCCCCCCCCCCCCCCC. The number of rotatable bonds is 62. The van der Waals surface area contributed by atoms with E-state index in [-0.39, 0.29) is 25.1 Å². The predicted molar refractivity (Wildman–Crippen MR) is 346 cm³/mol. The molecular weight excluding hydrogens is 1010 g/mol. The summed E-state index contributed by atoms with van der Waals surface area (Å²) in [5.74, 6) is -0.500. The van der Waals surface area contributed by atoms with Crippen LogP contribution in [0.5, 0.6) is 0 Å². The fourth-order valence-electron chi connectivity index (χ4n) is 9.93. The lowest BCUT2D eigenvalue weighted by atomic mass is 10.0. The maximum Gasteiger partial charge on any atom is 0.472 e. The number of carbonyl (C=O) groups is 2. The molecule has 2 N–H and O–H groups in total. The zero-order valence-corrected chi connectivity index (χ0v) is 54.5. The predicted octanol–water partition coefficient (Wildman–Crippen LogP) is 21.4. The molecule has 0 heterocycles. The highest BCUT2D eigenvalue weighted by atomic mass is 31.2. The van der Waals surface area contributed by atoms with Crippen molar-refractivity contribution in [1.82, 2.24) is 5.32 Å². The molecular formula is C70H132N2O7P+. The molecule has 9 nitrogen and oxygen atoms in total. The van der Waals surface area contributed by atoms with Gasteiger partial charge in [-0.15, -0.1) is 0 Å². The van der Waals surface area contributed by atoms with E-state index in [0.717, 1.165) is 89.9 Å². The van der Waals surface area contributed by atoms with Crippen LogP contribution in [0.2, 0.25) is 0 Å². The van der Waals surface area contributed by atoms with E-state index in [1.807, 2.05) is 33.3 Å². The highest BCUT2D eigenvalue weighted by molar-refractivity contribution is 7.47. The van der Waals surface area contributed by atoms with E-state index in [1.54, 1.807) is 0 Å². The third-order valence-electron chi connectivity index (χ3n) is 15.2. The molecule has 0 aromatic rings. The Morgan fingerprint density at radius 1 is 0.438 bits per heavy atom. The van der Waals surface area contributed by atoms with E-state index in [9.17, 15) is 19.0 Å². The summed E-state index contributed by atoms with van der Waals surface area (Å²) in [6, 6.07) is -0.851. The minimum absolute atomic E-state index is 0.0393. The fraction of sp³-hybridized carbons (Fsp3) is 0.829. The average Bonchev–Trinajstić information content (AvgIpc) is 3.42. The minimum atomic E-state index is -4.45. The topological polar surface area (TPSA) is 111 Å². The second-order valence-corrected chi connectivity index (χ2v) is 25.8. The molecule has 0 aromatic heterocycles. The molecule has 0 rings (SSSR count). The van der Waals surface area contributed by atoms with Gasteiger partial charge in [0.25, 0.3) is 0 Å². The maximum absolute atomic E-state index is 13.6. The van der Waals surface area contributed by atoms with Crippen molar-refractivity contribution in [2.75, 3.05) is 40.9 Å². The number of unbranched alkanes of at least 4 members (excludes halogenated alkanes) is 38. The smallest absolute Gasteiger partial charge is 0.456 e. The van der Waals surface area contributed by atoms with Crippen molar-refractivity contribution in [3.63, 3.8) is 0 Å². The standard InChI is InChI=1S/C70H131N2O7P/c1-7-10-13-16-19-22-25-28-30-32-33-34-35-36-37-38-39-41-42-44-47-50-53-56-59-62-69(73)71-67(66-78-80(75,76)77-65-64-72(4,5)6)68(61-58-55-52-49-46-27-24-21-18-15-12-9-3)79-70(74)63-60-57-54-51-48-45-43-40-31-29-26-23-20-17-14-11-8-2/h19,22,28,30,33-34,36-37,58,61,67-68H,7-18,20-21,23-27,29,31-32,35,38-57,59-60,62-66H2,1-6H3,(H-,71,73,75,76)/p+1/b22-19-,30-28-,34-33-,37-36-,61-58-. The van der Waals surface area contributed by atoms with Crippen LogP contribution in [0.1, 0.15) is 323 Å². The molecule has 10 heteroatoms. The number of ether oxygens (including phenoxy) is 1. The van der Waals surface area contributed by atoms with Gasteiger partial charge in [-0.2, -0.15) is 0 Å². The summed E-state index contributed by atoms with van der Waals surface area (Å²) in [4.78, 5) is 37.8. The number of carbonyl (C=O) groups excluding carboxylic acids is 2. The van der Waals surface area contributed by atoms with E-state index in [0.29, 0.717) is 23.9 Å². The average molecular weight is 1140 g/mol. The van der Waals surface area contributed by atoms with E-state index in [1.165, 1.54) is 199 Å². The Balaban J connectivity index is 5.11. The molecule has 0 aliphatic heterocycles. The number of nitrogens with one attached hydrogen (secondary N) is 1. The van der Waals surface area contributed by atoms with Crippen molar-refractivity contribution in [2.24, 2.45) is 0 Å². The van der Waals surface area contributed by atoms with Crippen LogP contribution in [0.25, 0.3) is 0 Å². The van der Waals surface area contributed by atoms with Crippen molar-refractivity contribution in [2.45, 2.75) is 335 Å². The Labute approximate surface area is 496 Å². The van der Waals surface area contributed by atoms with Crippen LogP contribution in [0.15, 0.2) is 60.8 Å². The number of hydrogen-bond acceptors (Lipinski definition) is 6. The highest BCUT2D eigenvalue weighted by Gasteiger charge is 2.30. The number of hydrogen-bond donors (Lipinski definition) is 2. The lowest BCUT2D eigenvalue weighted by Gasteiger charge is -2.27. The molecule has 1 amide bonds. The normalized spacial score (nSPS) is 13.9. The summed E-state index contributed by atoms with van der Waals surface area (Å²) in [5, 5.41) is 3.07. The third-order valence-corrected chi connectivity index (χ3v) is 16.2. The van der Waals surface area contributed by atoms with Gasteiger partial charge in [0.05, 0.1) is 33.8 Å². The van der Waals surface area contributed by atoms with Crippen LogP contribution in [-0.2, 0) is 27.9 Å².